The van der Waals surface area contributed by atoms with Gasteiger partial charge in [0, 0.05) is 36.3 Å². The highest BCUT2D eigenvalue weighted by molar-refractivity contribution is 9.10. The van der Waals surface area contributed by atoms with E-state index in [4.69, 9.17) is 4.74 Å². The van der Waals surface area contributed by atoms with Crippen molar-refractivity contribution in [1.29, 1.82) is 0 Å². The number of carbonyl (C=O) groups is 1. The quantitative estimate of drug-likeness (QED) is 0.801. The lowest BCUT2D eigenvalue weighted by Crippen LogP contribution is -2.53. The van der Waals surface area contributed by atoms with Gasteiger partial charge in [-0.3, -0.25) is 14.7 Å². The van der Waals surface area contributed by atoms with Crippen LogP contribution in [0.3, 0.4) is 0 Å². The molecule has 0 saturated carbocycles. The normalized spacial score (nSPS) is 16.2. The molecule has 2 aromatic rings. The Bertz CT molecular complexity index is 765. The highest BCUT2D eigenvalue weighted by atomic mass is 79.9. The van der Waals surface area contributed by atoms with Gasteiger partial charge < -0.3 is 15.0 Å². The topological polar surface area (TPSA) is 70.6 Å². The van der Waals surface area contributed by atoms with E-state index in [1.54, 1.807) is 19.5 Å². The van der Waals surface area contributed by atoms with E-state index in [0.717, 1.165) is 42.2 Å². The fourth-order valence-corrected chi connectivity index (χ4v) is 3.31. The number of ether oxygens (including phenoxy) is 1. The number of nitrogens with one attached hydrogen (secondary N) is 1. The van der Waals surface area contributed by atoms with Crippen LogP contribution in [0.5, 0.6) is 5.88 Å². The summed E-state index contributed by atoms with van der Waals surface area (Å²) in [4.78, 5) is 25.5. The molecule has 0 radical (unpaired) electrons. The minimum atomic E-state index is -0.201. The second kappa shape index (κ2) is 8.46. The van der Waals surface area contributed by atoms with Crippen molar-refractivity contribution in [3.05, 3.63) is 41.1 Å². The van der Waals surface area contributed by atoms with Crippen molar-refractivity contribution in [2.45, 2.75) is 13.0 Å². The van der Waals surface area contributed by atoms with Gasteiger partial charge in [-0.15, -0.1) is 0 Å². The molecule has 1 saturated heterocycles. The maximum Gasteiger partial charge on any atom is 0.241 e. The number of hydrogen-bond acceptors (Lipinski definition) is 6. The van der Waals surface area contributed by atoms with Crippen molar-refractivity contribution in [2.75, 3.05) is 43.5 Å². The number of hydrogen-bond donors (Lipinski definition) is 1. The maximum absolute atomic E-state index is 12.5. The van der Waals surface area contributed by atoms with E-state index < -0.39 is 0 Å². The zero-order chi connectivity index (χ0) is 18.5. The molecule has 1 aromatic carbocycles. The van der Waals surface area contributed by atoms with Crippen LogP contribution >= 0.6 is 15.9 Å². The number of halogens is 1. The molecule has 0 bridgehead atoms. The predicted octanol–water partition coefficient (Wildman–Crippen LogP) is 2.40. The third-order valence-corrected chi connectivity index (χ3v) is 4.96. The van der Waals surface area contributed by atoms with Gasteiger partial charge >= 0.3 is 0 Å². The number of piperazine rings is 1. The lowest BCUT2D eigenvalue weighted by molar-refractivity contribution is -0.120. The Morgan fingerprint density at radius 1 is 1.27 bits per heavy atom. The molecule has 8 heteroatoms. The van der Waals surface area contributed by atoms with Crippen LogP contribution in [0.15, 0.2) is 41.1 Å². The molecule has 7 nitrogen and oxygen atoms in total. The van der Waals surface area contributed by atoms with Crippen LogP contribution in [0.4, 0.5) is 11.5 Å². The van der Waals surface area contributed by atoms with E-state index in [1.807, 2.05) is 31.2 Å². The van der Waals surface area contributed by atoms with E-state index in [0.29, 0.717) is 5.88 Å². The summed E-state index contributed by atoms with van der Waals surface area (Å²) < 4.78 is 6.08. The molecule has 1 N–H and O–H groups in total. The average molecular weight is 420 g/mol. The van der Waals surface area contributed by atoms with Crippen molar-refractivity contribution < 1.29 is 9.53 Å². The Balaban J connectivity index is 1.56. The molecule has 1 aliphatic heterocycles. The van der Waals surface area contributed by atoms with E-state index in [1.165, 1.54) is 0 Å². The first-order valence-corrected chi connectivity index (χ1v) is 9.27. The molecule has 1 atom stereocenters. The van der Waals surface area contributed by atoms with Crippen molar-refractivity contribution >= 4 is 33.3 Å². The third kappa shape index (κ3) is 4.50. The summed E-state index contributed by atoms with van der Waals surface area (Å²) in [5.74, 6) is 1.31. The minimum absolute atomic E-state index is 0.00211. The Labute approximate surface area is 161 Å². The summed E-state index contributed by atoms with van der Waals surface area (Å²) >= 11 is 3.42. The second-order valence-electron chi connectivity index (χ2n) is 6.12. The highest BCUT2D eigenvalue weighted by Gasteiger charge is 2.26. The Morgan fingerprint density at radius 3 is 2.73 bits per heavy atom. The van der Waals surface area contributed by atoms with E-state index >= 15 is 0 Å². The van der Waals surface area contributed by atoms with Gasteiger partial charge in [0.15, 0.2) is 5.82 Å². The van der Waals surface area contributed by atoms with Gasteiger partial charge in [0.25, 0.3) is 0 Å². The second-order valence-corrected chi connectivity index (χ2v) is 7.03. The van der Waals surface area contributed by atoms with Gasteiger partial charge in [-0.1, -0.05) is 22.0 Å². The van der Waals surface area contributed by atoms with Crippen molar-refractivity contribution in [1.82, 2.24) is 14.9 Å². The highest BCUT2D eigenvalue weighted by Crippen LogP contribution is 2.18. The fraction of sp³-hybridized carbons (Fsp3) is 0.389. The SMILES string of the molecule is COc1cncc(N2CCN(C(C)C(=O)Nc3cccc(Br)c3)CC2)n1. The minimum Gasteiger partial charge on any atom is -0.480 e. The molecule has 3 rings (SSSR count). The van der Waals surface area contributed by atoms with Crippen molar-refractivity contribution in [3.8, 4) is 5.88 Å². The maximum atomic E-state index is 12.5. The number of aromatic nitrogens is 2. The molecule has 1 unspecified atom stereocenters. The van der Waals surface area contributed by atoms with Crippen molar-refractivity contribution in [3.63, 3.8) is 0 Å². The monoisotopic (exact) mass is 419 g/mol. The molecule has 26 heavy (non-hydrogen) atoms. The molecular weight excluding hydrogens is 398 g/mol. The predicted molar refractivity (Wildman–Crippen MR) is 105 cm³/mol. The molecule has 138 valence electrons. The molecule has 2 heterocycles. The molecule has 1 fully saturated rings. The van der Waals surface area contributed by atoms with Gasteiger partial charge in [0.1, 0.15) is 0 Å². The van der Waals surface area contributed by atoms with Gasteiger partial charge in [0.05, 0.1) is 25.5 Å². The molecule has 0 aliphatic carbocycles. The van der Waals surface area contributed by atoms with Crippen LogP contribution in [0, 0.1) is 0 Å². The summed E-state index contributed by atoms with van der Waals surface area (Å²) in [6.07, 6.45) is 3.33. The van der Waals surface area contributed by atoms with Gasteiger partial charge in [0.2, 0.25) is 11.8 Å². The van der Waals surface area contributed by atoms with Crippen LogP contribution in [0.2, 0.25) is 0 Å². The summed E-state index contributed by atoms with van der Waals surface area (Å²) in [5.41, 5.74) is 0.793. The number of amides is 1. The fourth-order valence-electron chi connectivity index (χ4n) is 2.91. The molecule has 1 aliphatic rings. The van der Waals surface area contributed by atoms with Crippen molar-refractivity contribution in [2.24, 2.45) is 0 Å². The van der Waals surface area contributed by atoms with Crippen LogP contribution in [0.1, 0.15) is 6.92 Å². The lowest BCUT2D eigenvalue weighted by atomic mass is 10.2. The Hall–Kier alpha value is -2.19. The number of nitrogens with zero attached hydrogens (tertiary/aromatic N) is 4. The zero-order valence-corrected chi connectivity index (χ0v) is 16.4. The van der Waals surface area contributed by atoms with E-state index in [2.05, 4.69) is 41.0 Å². The van der Waals surface area contributed by atoms with Gasteiger partial charge in [-0.2, -0.15) is 4.98 Å². The van der Waals surface area contributed by atoms with Crippen LogP contribution in [-0.2, 0) is 4.79 Å². The van der Waals surface area contributed by atoms with Crippen LogP contribution < -0.4 is 15.0 Å². The molecule has 0 spiro atoms. The first kappa shape index (κ1) is 18.6. The number of benzene rings is 1. The number of rotatable bonds is 5. The van der Waals surface area contributed by atoms with Crippen LogP contribution in [0.25, 0.3) is 0 Å². The zero-order valence-electron chi connectivity index (χ0n) is 14.9. The number of carbonyl (C=O) groups excluding carboxylic acids is 1. The lowest BCUT2D eigenvalue weighted by Gasteiger charge is -2.37. The summed E-state index contributed by atoms with van der Waals surface area (Å²) in [5, 5.41) is 2.97. The Morgan fingerprint density at radius 2 is 2.04 bits per heavy atom. The summed E-state index contributed by atoms with van der Waals surface area (Å²) in [6, 6.07) is 7.41. The van der Waals surface area contributed by atoms with E-state index in [-0.39, 0.29) is 11.9 Å². The number of methoxy groups -OCH3 is 1. The summed E-state index contributed by atoms with van der Waals surface area (Å²) in [7, 11) is 1.58. The number of anilines is 2. The Kier molecular flexibility index (Phi) is 6.05. The standard InChI is InChI=1S/C18H22BrN5O2/c1-13(18(25)21-15-5-3-4-14(19)10-15)23-6-8-24(9-7-23)16-11-20-12-17(22-16)26-2/h3-5,10-13H,6-9H2,1-2H3,(H,21,25). The molecule has 1 aromatic heterocycles. The average Bonchev–Trinajstić information content (AvgIpc) is 2.67. The summed E-state index contributed by atoms with van der Waals surface area (Å²) in [6.45, 7) is 5.08. The first-order valence-electron chi connectivity index (χ1n) is 8.48. The van der Waals surface area contributed by atoms with Crippen LogP contribution in [-0.4, -0.2) is 60.1 Å². The third-order valence-electron chi connectivity index (χ3n) is 4.47. The molecular formula is C18H22BrN5O2. The molecule has 1 amide bonds. The van der Waals surface area contributed by atoms with E-state index in [9.17, 15) is 4.79 Å². The first-order chi connectivity index (χ1) is 12.6. The van der Waals surface area contributed by atoms with Gasteiger partial charge in [-0.05, 0) is 25.1 Å². The smallest absolute Gasteiger partial charge is 0.241 e. The largest absolute Gasteiger partial charge is 0.480 e. The van der Waals surface area contributed by atoms with Gasteiger partial charge in [-0.25, -0.2) is 0 Å².